The Hall–Kier alpha value is -1.92. The van der Waals surface area contributed by atoms with Gasteiger partial charge < -0.3 is 16.0 Å². The lowest BCUT2D eigenvalue weighted by molar-refractivity contribution is -0.120. The Morgan fingerprint density at radius 2 is 2.33 bits per heavy atom. The van der Waals surface area contributed by atoms with Crippen molar-refractivity contribution in [2.75, 3.05) is 24.2 Å². The molecule has 1 aromatic heterocycles. The summed E-state index contributed by atoms with van der Waals surface area (Å²) in [5.41, 5.74) is 0. The lowest BCUT2D eigenvalue weighted by Gasteiger charge is -2.08. The zero-order chi connectivity index (χ0) is 13.0. The number of nitrogens with zero attached hydrogens (tertiary/aromatic N) is 2. The molecule has 6 nitrogen and oxygen atoms in total. The minimum atomic E-state index is -0.531. The van der Waals surface area contributed by atoms with E-state index >= 15 is 0 Å². The number of halogens is 1. The number of rotatable bonds is 6. The van der Waals surface area contributed by atoms with E-state index in [9.17, 15) is 9.18 Å². The van der Waals surface area contributed by atoms with Gasteiger partial charge in [0, 0.05) is 26.1 Å². The Bertz CT molecular complexity index is 435. The highest BCUT2D eigenvalue weighted by molar-refractivity contribution is 5.77. The van der Waals surface area contributed by atoms with Crippen molar-refractivity contribution in [3.63, 3.8) is 0 Å². The number of nitrogens with one attached hydrogen (secondary N) is 3. The molecule has 1 aliphatic rings. The molecule has 0 atom stereocenters. The number of carbonyl (C=O) groups is 1. The third-order valence-electron chi connectivity index (χ3n) is 2.55. The first-order valence-corrected chi connectivity index (χ1v) is 5.92. The molecule has 0 aliphatic heterocycles. The van der Waals surface area contributed by atoms with Crippen molar-refractivity contribution in [1.82, 2.24) is 15.3 Å². The van der Waals surface area contributed by atoms with Crippen molar-refractivity contribution in [1.29, 1.82) is 0 Å². The molecule has 1 saturated carbocycles. The van der Waals surface area contributed by atoms with Crippen LogP contribution in [-0.2, 0) is 4.79 Å². The summed E-state index contributed by atoms with van der Waals surface area (Å²) in [5.74, 6) is -0.111. The first-order chi connectivity index (χ1) is 8.69. The third-order valence-corrected chi connectivity index (χ3v) is 2.55. The third kappa shape index (κ3) is 3.54. The maximum atomic E-state index is 13.3. The topological polar surface area (TPSA) is 78.9 Å². The summed E-state index contributed by atoms with van der Waals surface area (Å²) in [7, 11) is 1.65. The van der Waals surface area contributed by atoms with Crippen LogP contribution in [0.2, 0.25) is 0 Å². The zero-order valence-corrected chi connectivity index (χ0v) is 10.2. The van der Waals surface area contributed by atoms with Gasteiger partial charge in [0.15, 0.2) is 11.6 Å². The van der Waals surface area contributed by atoms with E-state index in [0.29, 0.717) is 25.0 Å². The van der Waals surface area contributed by atoms with Gasteiger partial charge in [0.1, 0.15) is 0 Å². The minimum Gasteiger partial charge on any atom is -0.367 e. The van der Waals surface area contributed by atoms with E-state index in [-0.39, 0.29) is 11.7 Å². The van der Waals surface area contributed by atoms with Crippen LogP contribution in [0.4, 0.5) is 16.2 Å². The second kappa shape index (κ2) is 5.61. The molecule has 2 rings (SSSR count). The maximum Gasteiger partial charge on any atom is 0.224 e. The molecule has 18 heavy (non-hydrogen) atoms. The van der Waals surface area contributed by atoms with Crippen molar-refractivity contribution in [3.05, 3.63) is 12.0 Å². The average molecular weight is 253 g/mol. The number of aromatic nitrogens is 2. The number of hydrogen-bond acceptors (Lipinski definition) is 5. The molecule has 1 aliphatic carbocycles. The summed E-state index contributed by atoms with van der Waals surface area (Å²) < 4.78 is 13.3. The molecule has 7 heteroatoms. The fraction of sp³-hybridized carbons (Fsp3) is 0.545. The van der Waals surface area contributed by atoms with Gasteiger partial charge in [0.05, 0.1) is 6.20 Å². The van der Waals surface area contributed by atoms with E-state index in [1.54, 1.807) is 7.05 Å². The summed E-state index contributed by atoms with van der Waals surface area (Å²) in [4.78, 5) is 19.1. The Labute approximate surface area is 104 Å². The standard InChI is InChI=1S/C11H16FN5O/c1-13-11-15-6-8(12)10(17-11)14-5-4-9(18)16-7-2-3-7/h6-7H,2-5H2,1H3,(H,16,18)(H2,13,14,15,17). The highest BCUT2D eigenvalue weighted by atomic mass is 19.1. The number of amides is 1. The van der Waals surface area contributed by atoms with Crippen LogP contribution < -0.4 is 16.0 Å². The minimum absolute atomic E-state index is 0.0201. The Morgan fingerprint density at radius 3 is 3.00 bits per heavy atom. The fourth-order valence-corrected chi connectivity index (χ4v) is 1.43. The predicted molar refractivity (Wildman–Crippen MR) is 65.8 cm³/mol. The molecule has 0 saturated heterocycles. The van der Waals surface area contributed by atoms with E-state index in [1.165, 1.54) is 0 Å². The molecule has 98 valence electrons. The van der Waals surface area contributed by atoms with Crippen molar-refractivity contribution >= 4 is 17.7 Å². The second-order valence-corrected chi connectivity index (χ2v) is 4.16. The van der Waals surface area contributed by atoms with Crippen LogP contribution in [-0.4, -0.2) is 35.5 Å². The zero-order valence-electron chi connectivity index (χ0n) is 10.2. The summed E-state index contributed by atoms with van der Waals surface area (Å²) in [6.07, 6.45) is 3.51. The SMILES string of the molecule is CNc1ncc(F)c(NCCC(=O)NC2CC2)n1. The lowest BCUT2D eigenvalue weighted by atomic mass is 10.4. The highest BCUT2D eigenvalue weighted by Crippen LogP contribution is 2.18. The van der Waals surface area contributed by atoms with Gasteiger partial charge in [-0.25, -0.2) is 9.37 Å². The summed E-state index contributed by atoms with van der Waals surface area (Å²) in [5, 5.41) is 8.36. The van der Waals surface area contributed by atoms with Crippen LogP contribution in [0, 0.1) is 5.82 Å². The molecule has 1 heterocycles. The van der Waals surface area contributed by atoms with Gasteiger partial charge in [-0.3, -0.25) is 4.79 Å². The molecule has 0 spiro atoms. The van der Waals surface area contributed by atoms with Gasteiger partial charge >= 0.3 is 0 Å². The van der Waals surface area contributed by atoms with Crippen LogP contribution in [0.15, 0.2) is 6.20 Å². The molecule has 0 aromatic carbocycles. The Morgan fingerprint density at radius 1 is 1.56 bits per heavy atom. The largest absolute Gasteiger partial charge is 0.367 e. The molecule has 1 amide bonds. The molecule has 0 bridgehead atoms. The van der Waals surface area contributed by atoms with E-state index in [2.05, 4.69) is 25.9 Å². The lowest BCUT2D eigenvalue weighted by Crippen LogP contribution is -2.27. The summed E-state index contributed by atoms with van der Waals surface area (Å²) >= 11 is 0. The van der Waals surface area contributed by atoms with Crippen LogP contribution in [0.25, 0.3) is 0 Å². The van der Waals surface area contributed by atoms with Crippen molar-refractivity contribution in [2.24, 2.45) is 0 Å². The molecular formula is C11H16FN5O. The van der Waals surface area contributed by atoms with Crippen LogP contribution in [0.1, 0.15) is 19.3 Å². The quantitative estimate of drug-likeness (QED) is 0.697. The molecule has 3 N–H and O–H groups in total. The van der Waals surface area contributed by atoms with Gasteiger partial charge in [0.25, 0.3) is 0 Å². The molecule has 0 unspecified atom stereocenters. The monoisotopic (exact) mass is 253 g/mol. The maximum absolute atomic E-state index is 13.3. The van der Waals surface area contributed by atoms with Gasteiger partial charge in [-0.05, 0) is 12.8 Å². The van der Waals surface area contributed by atoms with Crippen molar-refractivity contribution in [2.45, 2.75) is 25.3 Å². The highest BCUT2D eigenvalue weighted by Gasteiger charge is 2.22. The fourth-order valence-electron chi connectivity index (χ4n) is 1.43. The van der Waals surface area contributed by atoms with Gasteiger partial charge in [-0.2, -0.15) is 4.98 Å². The van der Waals surface area contributed by atoms with E-state index in [4.69, 9.17) is 0 Å². The number of anilines is 2. The van der Waals surface area contributed by atoms with Crippen molar-refractivity contribution in [3.8, 4) is 0 Å². The molecule has 0 radical (unpaired) electrons. The predicted octanol–water partition coefficient (Wildman–Crippen LogP) is 0.738. The van der Waals surface area contributed by atoms with E-state index in [1.807, 2.05) is 0 Å². The second-order valence-electron chi connectivity index (χ2n) is 4.16. The first kappa shape index (κ1) is 12.5. The summed E-state index contributed by atoms with van der Waals surface area (Å²) in [6.45, 7) is 0.343. The first-order valence-electron chi connectivity index (χ1n) is 5.92. The molecular weight excluding hydrogens is 237 g/mol. The average Bonchev–Trinajstić information content (AvgIpc) is 3.15. The van der Waals surface area contributed by atoms with Crippen LogP contribution in [0.3, 0.4) is 0 Å². The normalized spacial score (nSPS) is 14.1. The van der Waals surface area contributed by atoms with Crippen LogP contribution >= 0.6 is 0 Å². The van der Waals surface area contributed by atoms with Crippen molar-refractivity contribution < 1.29 is 9.18 Å². The van der Waals surface area contributed by atoms with E-state index < -0.39 is 5.82 Å². The van der Waals surface area contributed by atoms with E-state index in [0.717, 1.165) is 19.0 Å². The molecule has 1 aromatic rings. The number of carbonyl (C=O) groups excluding carboxylic acids is 1. The summed E-state index contributed by atoms with van der Waals surface area (Å²) in [6, 6.07) is 0.351. The van der Waals surface area contributed by atoms with Crippen LogP contribution in [0.5, 0.6) is 0 Å². The Kier molecular flexibility index (Phi) is 3.91. The molecule has 1 fully saturated rings. The van der Waals surface area contributed by atoms with Gasteiger partial charge in [-0.1, -0.05) is 0 Å². The Balaban J connectivity index is 1.79. The smallest absolute Gasteiger partial charge is 0.224 e. The number of hydrogen-bond donors (Lipinski definition) is 3. The van der Waals surface area contributed by atoms with Gasteiger partial charge in [-0.15, -0.1) is 0 Å². The van der Waals surface area contributed by atoms with Gasteiger partial charge in [0.2, 0.25) is 11.9 Å².